The smallest absolute Gasteiger partial charge is 0.335 e. The van der Waals surface area contributed by atoms with Gasteiger partial charge >= 0.3 is 5.97 Å². The van der Waals surface area contributed by atoms with Crippen LogP contribution in [0, 0.1) is 5.82 Å². The summed E-state index contributed by atoms with van der Waals surface area (Å²) in [5.41, 5.74) is 0.472. The number of nitrogens with one attached hydrogen (secondary N) is 1. The summed E-state index contributed by atoms with van der Waals surface area (Å²) in [5, 5.41) is 12.0. The number of carboxylic acids is 1. The van der Waals surface area contributed by atoms with E-state index in [0.717, 1.165) is 12.8 Å². The van der Waals surface area contributed by atoms with Crippen LogP contribution in [0.25, 0.3) is 0 Å². The molecular weight excluding hydrogens is 273 g/mol. The van der Waals surface area contributed by atoms with Crippen molar-refractivity contribution in [3.63, 3.8) is 0 Å². The minimum absolute atomic E-state index is 0.103. The molecule has 1 saturated carbocycles. The molecule has 0 heterocycles. The Hall–Kier alpha value is -1.46. The highest BCUT2D eigenvalue weighted by Gasteiger charge is 2.13. The van der Waals surface area contributed by atoms with Gasteiger partial charge in [-0.1, -0.05) is 19.3 Å². The molecule has 0 radical (unpaired) electrons. The van der Waals surface area contributed by atoms with Crippen molar-refractivity contribution in [3.05, 3.63) is 35.1 Å². The average Bonchev–Trinajstić information content (AvgIpc) is 2.49. The van der Waals surface area contributed by atoms with Crippen molar-refractivity contribution in [1.82, 2.24) is 5.32 Å². The molecule has 1 aliphatic rings. The molecule has 1 aromatic carbocycles. The van der Waals surface area contributed by atoms with Crippen molar-refractivity contribution < 1.29 is 19.0 Å². The van der Waals surface area contributed by atoms with E-state index in [0.29, 0.717) is 31.4 Å². The summed E-state index contributed by atoms with van der Waals surface area (Å²) in [5.74, 6) is -1.43. The molecule has 0 unspecified atom stereocenters. The van der Waals surface area contributed by atoms with Gasteiger partial charge in [0.25, 0.3) is 0 Å². The van der Waals surface area contributed by atoms with Gasteiger partial charge in [0.2, 0.25) is 0 Å². The summed E-state index contributed by atoms with van der Waals surface area (Å²) in [4.78, 5) is 10.9. The van der Waals surface area contributed by atoms with E-state index in [1.54, 1.807) is 0 Å². The summed E-state index contributed by atoms with van der Waals surface area (Å²) in [6, 6.07) is 3.83. The predicted molar refractivity (Wildman–Crippen MR) is 77.9 cm³/mol. The maximum Gasteiger partial charge on any atom is 0.335 e. The van der Waals surface area contributed by atoms with Crippen LogP contribution in [0.15, 0.2) is 18.2 Å². The molecule has 2 N–H and O–H groups in total. The molecule has 21 heavy (non-hydrogen) atoms. The average molecular weight is 295 g/mol. The van der Waals surface area contributed by atoms with Gasteiger partial charge in [-0.05, 0) is 31.0 Å². The third kappa shape index (κ3) is 5.10. The Balaban J connectivity index is 1.70. The maximum atomic E-state index is 13.6. The molecule has 0 amide bonds. The zero-order valence-electron chi connectivity index (χ0n) is 12.1. The van der Waals surface area contributed by atoms with Crippen molar-refractivity contribution in [2.45, 2.75) is 44.8 Å². The van der Waals surface area contributed by atoms with Gasteiger partial charge in [-0.15, -0.1) is 0 Å². The number of hydrogen-bond acceptors (Lipinski definition) is 3. The number of hydrogen-bond donors (Lipinski definition) is 2. The van der Waals surface area contributed by atoms with Gasteiger partial charge in [0.05, 0.1) is 18.3 Å². The highest BCUT2D eigenvalue weighted by Crippen LogP contribution is 2.19. The number of benzene rings is 1. The van der Waals surface area contributed by atoms with Crippen molar-refractivity contribution in [2.24, 2.45) is 0 Å². The molecule has 0 saturated heterocycles. The van der Waals surface area contributed by atoms with E-state index in [9.17, 15) is 9.18 Å². The molecule has 0 atom stereocenters. The van der Waals surface area contributed by atoms with Crippen LogP contribution in [-0.4, -0.2) is 30.3 Å². The lowest BCUT2D eigenvalue weighted by Gasteiger charge is -2.22. The molecule has 1 fully saturated rings. The van der Waals surface area contributed by atoms with E-state index in [-0.39, 0.29) is 11.4 Å². The topological polar surface area (TPSA) is 58.6 Å². The second-order valence-electron chi connectivity index (χ2n) is 5.42. The SMILES string of the molecule is O=C(O)c1ccc(F)c(CNCCOC2CCCCC2)c1. The fourth-order valence-corrected chi connectivity index (χ4v) is 2.60. The van der Waals surface area contributed by atoms with Crippen LogP contribution in [0.3, 0.4) is 0 Å². The zero-order valence-corrected chi connectivity index (χ0v) is 12.1. The van der Waals surface area contributed by atoms with E-state index >= 15 is 0 Å². The summed E-state index contributed by atoms with van der Waals surface area (Å²) in [6.45, 7) is 1.54. The second kappa shape index (κ2) is 8.10. The summed E-state index contributed by atoms with van der Waals surface area (Å²) in [7, 11) is 0. The third-order valence-corrected chi connectivity index (χ3v) is 3.79. The van der Waals surface area contributed by atoms with Crippen LogP contribution in [0.2, 0.25) is 0 Å². The van der Waals surface area contributed by atoms with Gasteiger partial charge in [0, 0.05) is 18.7 Å². The van der Waals surface area contributed by atoms with Crippen LogP contribution in [0.5, 0.6) is 0 Å². The Labute approximate surface area is 124 Å². The molecule has 0 spiro atoms. The molecular formula is C16H22FNO3. The summed E-state index contributed by atoms with van der Waals surface area (Å²) >= 11 is 0. The molecule has 116 valence electrons. The lowest BCUT2D eigenvalue weighted by Crippen LogP contribution is -2.24. The summed E-state index contributed by atoms with van der Waals surface area (Å²) < 4.78 is 19.3. The number of halogens is 1. The molecule has 0 bridgehead atoms. The van der Waals surface area contributed by atoms with Crippen LogP contribution >= 0.6 is 0 Å². The molecule has 2 rings (SSSR count). The van der Waals surface area contributed by atoms with E-state index < -0.39 is 5.97 Å². The normalized spacial score (nSPS) is 16.0. The first-order valence-electron chi connectivity index (χ1n) is 7.51. The van der Waals surface area contributed by atoms with Crippen molar-refractivity contribution >= 4 is 5.97 Å². The van der Waals surface area contributed by atoms with Crippen LogP contribution in [-0.2, 0) is 11.3 Å². The molecule has 0 aromatic heterocycles. The highest BCUT2D eigenvalue weighted by atomic mass is 19.1. The van der Waals surface area contributed by atoms with Gasteiger partial charge in [-0.2, -0.15) is 0 Å². The van der Waals surface area contributed by atoms with Gasteiger partial charge < -0.3 is 15.2 Å². The number of ether oxygens (including phenoxy) is 1. The lowest BCUT2D eigenvalue weighted by molar-refractivity contribution is 0.0302. The molecule has 1 aliphatic carbocycles. The van der Waals surface area contributed by atoms with E-state index in [1.165, 1.54) is 37.5 Å². The first kappa shape index (κ1) is 15.9. The number of aromatic carboxylic acids is 1. The van der Waals surface area contributed by atoms with Crippen LogP contribution < -0.4 is 5.32 Å². The minimum atomic E-state index is -1.04. The lowest BCUT2D eigenvalue weighted by atomic mass is 9.98. The van der Waals surface area contributed by atoms with E-state index in [1.807, 2.05) is 0 Å². The molecule has 1 aromatic rings. The van der Waals surface area contributed by atoms with Gasteiger partial charge in [0.15, 0.2) is 0 Å². The van der Waals surface area contributed by atoms with E-state index in [2.05, 4.69) is 5.32 Å². The molecule has 0 aliphatic heterocycles. The Kier molecular flexibility index (Phi) is 6.14. The highest BCUT2D eigenvalue weighted by molar-refractivity contribution is 5.87. The standard InChI is InChI=1S/C16H22FNO3/c17-15-7-6-12(16(19)20)10-13(15)11-18-8-9-21-14-4-2-1-3-5-14/h6-7,10,14,18H,1-5,8-9,11H2,(H,19,20). The van der Waals surface area contributed by atoms with Gasteiger partial charge in [-0.3, -0.25) is 0 Å². The number of carboxylic acid groups (broad SMARTS) is 1. The first-order chi connectivity index (χ1) is 10.2. The van der Waals surface area contributed by atoms with E-state index in [4.69, 9.17) is 9.84 Å². The number of rotatable bonds is 7. The second-order valence-corrected chi connectivity index (χ2v) is 5.42. The van der Waals surface area contributed by atoms with Gasteiger partial charge in [-0.25, -0.2) is 9.18 Å². The Bertz CT molecular complexity index is 473. The van der Waals surface area contributed by atoms with Crippen molar-refractivity contribution in [2.75, 3.05) is 13.2 Å². The fraction of sp³-hybridized carbons (Fsp3) is 0.562. The zero-order chi connectivity index (χ0) is 15.1. The fourth-order valence-electron chi connectivity index (χ4n) is 2.60. The van der Waals surface area contributed by atoms with Crippen molar-refractivity contribution in [1.29, 1.82) is 0 Å². The third-order valence-electron chi connectivity index (χ3n) is 3.79. The van der Waals surface area contributed by atoms with Crippen molar-refractivity contribution in [3.8, 4) is 0 Å². The Morgan fingerprint density at radius 3 is 2.81 bits per heavy atom. The van der Waals surface area contributed by atoms with Crippen LogP contribution in [0.1, 0.15) is 48.0 Å². The Morgan fingerprint density at radius 1 is 1.33 bits per heavy atom. The first-order valence-corrected chi connectivity index (χ1v) is 7.51. The summed E-state index contributed by atoms with van der Waals surface area (Å²) in [6.07, 6.45) is 6.42. The van der Waals surface area contributed by atoms with Crippen LogP contribution in [0.4, 0.5) is 4.39 Å². The Morgan fingerprint density at radius 2 is 2.10 bits per heavy atom. The predicted octanol–water partition coefficient (Wildman–Crippen LogP) is 2.96. The maximum absolute atomic E-state index is 13.6. The monoisotopic (exact) mass is 295 g/mol. The largest absolute Gasteiger partial charge is 0.478 e. The molecule has 5 heteroatoms. The van der Waals surface area contributed by atoms with Gasteiger partial charge in [0.1, 0.15) is 5.82 Å². The molecule has 4 nitrogen and oxygen atoms in total. The quantitative estimate of drug-likeness (QED) is 0.759. The number of carbonyl (C=O) groups is 1. The minimum Gasteiger partial charge on any atom is -0.478 e.